The van der Waals surface area contributed by atoms with E-state index in [1.54, 1.807) is 11.3 Å². The average Bonchev–Trinajstić information content (AvgIpc) is 3.04. The lowest BCUT2D eigenvalue weighted by Gasteiger charge is -2.24. The van der Waals surface area contributed by atoms with Gasteiger partial charge in [0.25, 0.3) is 0 Å². The van der Waals surface area contributed by atoms with Crippen LogP contribution in [0.4, 0.5) is 4.79 Å². The van der Waals surface area contributed by atoms with E-state index in [0.29, 0.717) is 13.0 Å². The molecule has 23 heavy (non-hydrogen) atoms. The summed E-state index contributed by atoms with van der Waals surface area (Å²) < 4.78 is 0. The Bertz CT molecular complexity index is 728. The highest BCUT2D eigenvalue weighted by Crippen LogP contribution is 2.36. The van der Waals surface area contributed by atoms with Crippen molar-refractivity contribution in [3.05, 3.63) is 51.0 Å². The average molecular weight is 331 g/mol. The van der Waals surface area contributed by atoms with Crippen LogP contribution in [0.1, 0.15) is 33.1 Å². The number of aromatic nitrogens is 1. The maximum atomic E-state index is 12.0. The highest BCUT2D eigenvalue weighted by molar-refractivity contribution is 7.11. The second-order valence-electron chi connectivity index (χ2n) is 5.96. The number of urea groups is 1. The first-order chi connectivity index (χ1) is 11.0. The van der Waals surface area contributed by atoms with Crippen LogP contribution in [0.3, 0.4) is 0 Å². The lowest BCUT2D eigenvalue weighted by Crippen LogP contribution is -2.43. The van der Waals surface area contributed by atoms with Crippen LogP contribution in [0.2, 0.25) is 0 Å². The van der Waals surface area contributed by atoms with E-state index in [-0.39, 0.29) is 12.6 Å². The Labute approximate surface area is 139 Å². The standard InChI is InChI=1S/C17H21N3O2S/c1-11-15(20-12(2)23-11)9-18-16(21)19-10-17(22)8-7-13-5-3-4-6-14(13)17/h3-6,22H,7-10H2,1-2H3,(H2,18,19,21). The van der Waals surface area contributed by atoms with Gasteiger partial charge in [-0.3, -0.25) is 0 Å². The first kappa shape index (κ1) is 16.0. The molecular formula is C17H21N3O2S. The van der Waals surface area contributed by atoms with E-state index in [1.807, 2.05) is 38.1 Å². The topological polar surface area (TPSA) is 74.2 Å². The van der Waals surface area contributed by atoms with Crippen LogP contribution in [0, 0.1) is 13.8 Å². The number of hydrogen-bond acceptors (Lipinski definition) is 4. The molecule has 1 aliphatic rings. The fourth-order valence-corrected chi connectivity index (χ4v) is 3.88. The summed E-state index contributed by atoms with van der Waals surface area (Å²) in [6.07, 6.45) is 1.48. The van der Waals surface area contributed by atoms with E-state index in [1.165, 1.54) is 0 Å². The van der Waals surface area contributed by atoms with Crippen molar-refractivity contribution in [3.8, 4) is 0 Å². The van der Waals surface area contributed by atoms with Gasteiger partial charge in [-0.2, -0.15) is 0 Å². The van der Waals surface area contributed by atoms with E-state index in [0.717, 1.165) is 33.1 Å². The molecule has 1 aromatic carbocycles. The minimum Gasteiger partial charge on any atom is -0.383 e. The Morgan fingerprint density at radius 3 is 2.87 bits per heavy atom. The Morgan fingerprint density at radius 1 is 1.35 bits per heavy atom. The Balaban J connectivity index is 1.54. The smallest absolute Gasteiger partial charge is 0.315 e. The monoisotopic (exact) mass is 331 g/mol. The SMILES string of the molecule is Cc1nc(CNC(=O)NCC2(O)CCc3ccccc32)c(C)s1. The summed E-state index contributed by atoms with van der Waals surface area (Å²) in [6, 6.07) is 7.57. The Morgan fingerprint density at radius 2 is 2.13 bits per heavy atom. The van der Waals surface area contributed by atoms with Crippen molar-refractivity contribution < 1.29 is 9.90 Å². The summed E-state index contributed by atoms with van der Waals surface area (Å²) in [5.41, 5.74) is 2.01. The molecule has 122 valence electrons. The molecule has 1 unspecified atom stereocenters. The minimum absolute atomic E-state index is 0.213. The fourth-order valence-electron chi connectivity index (χ4n) is 3.04. The van der Waals surface area contributed by atoms with Crippen LogP contribution < -0.4 is 10.6 Å². The van der Waals surface area contributed by atoms with Crippen molar-refractivity contribution in [2.75, 3.05) is 6.54 Å². The molecule has 6 heteroatoms. The van der Waals surface area contributed by atoms with Gasteiger partial charge >= 0.3 is 6.03 Å². The Hall–Kier alpha value is -1.92. The highest BCUT2D eigenvalue weighted by Gasteiger charge is 2.36. The molecule has 1 heterocycles. The molecule has 0 saturated heterocycles. The third-order valence-corrected chi connectivity index (χ3v) is 5.21. The molecule has 0 fully saturated rings. The second kappa shape index (κ2) is 6.29. The van der Waals surface area contributed by atoms with E-state index < -0.39 is 5.60 Å². The number of thiazole rings is 1. The summed E-state index contributed by atoms with van der Waals surface area (Å²) in [4.78, 5) is 17.5. The first-order valence-corrected chi connectivity index (χ1v) is 8.55. The van der Waals surface area contributed by atoms with Gasteiger partial charge in [0, 0.05) is 4.88 Å². The van der Waals surface area contributed by atoms with Gasteiger partial charge in [0.05, 0.1) is 23.8 Å². The highest BCUT2D eigenvalue weighted by atomic mass is 32.1. The van der Waals surface area contributed by atoms with Gasteiger partial charge in [0.1, 0.15) is 5.60 Å². The summed E-state index contributed by atoms with van der Waals surface area (Å²) in [5, 5.41) is 17.3. The van der Waals surface area contributed by atoms with Gasteiger partial charge in [-0.25, -0.2) is 9.78 Å². The van der Waals surface area contributed by atoms with E-state index in [9.17, 15) is 9.90 Å². The van der Waals surface area contributed by atoms with Gasteiger partial charge in [0.15, 0.2) is 0 Å². The number of amides is 2. The molecule has 1 aromatic heterocycles. The Kier molecular flexibility index (Phi) is 4.37. The molecule has 0 spiro atoms. The van der Waals surface area contributed by atoms with Crippen molar-refractivity contribution >= 4 is 17.4 Å². The zero-order valence-electron chi connectivity index (χ0n) is 13.3. The molecule has 1 atom stereocenters. The number of hydrogen-bond donors (Lipinski definition) is 3. The van der Waals surface area contributed by atoms with Crippen molar-refractivity contribution in [1.29, 1.82) is 0 Å². The predicted octanol–water partition coefficient (Wildman–Crippen LogP) is 2.39. The number of nitrogens with zero attached hydrogens (tertiary/aromatic N) is 1. The number of aryl methyl sites for hydroxylation is 3. The number of fused-ring (bicyclic) bond motifs is 1. The van der Waals surface area contributed by atoms with Crippen LogP contribution in [0.15, 0.2) is 24.3 Å². The molecular weight excluding hydrogens is 310 g/mol. The lowest BCUT2D eigenvalue weighted by molar-refractivity contribution is 0.0412. The van der Waals surface area contributed by atoms with Gasteiger partial charge in [-0.05, 0) is 37.8 Å². The molecule has 0 saturated carbocycles. The summed E-state index contributed by atoms with van der Waals surface area (Å²) in [5.74, 6) is 0. The summed E-state index contributed by atoms with van der Waals surface area (Å²) in [7, 11) is 0. The number of aliphatic hydroxyl groups is 1. The number of nitrogens with one attached hydrogen (secondary N) is 2. The van der Waals surface area contributed by atoms with Crippen LogP contribution in [0.5, 0.6) is 0 Å². The molecule has 0 aliphatic heterocycles. The van der Waals surface area contributed by atoms with Crippen LogP contribution >= 0.6 is 11.3 Å². The van der Waals surface area contributed by atoms with Gasteiger partial charge in [0.2, 0.25) is 0 Å². The van der Waals surface area contributed by atoms with Crippen LogP contribution in [0.25, 0.3) is 0 Å². The molecule has 1 aliphatic carbocycles. The van der Waals surface area contributed by atoms with Gasteiger partial charge < -0.3 is 15.7 Å². The third kappa shape index (κ3) is 3.38. The van der Waals surface area contributed by atoms with Crippen molar-refractivity contribution in [2.24, 2.45) is 0 Å². The lowest BCUT2D eigenvalue weighted by atomic mass is 9.96. The normalized spacial score (nSPS) is 19.4. The van der Waals surface area contributed by atoms with E-state index in [4.69, 9.17) is 0 Å². The van der Waals surface area contributed by atoms with Crippen molar-refractivity contribution in [1.82, 2.24) is 15.6 Å². The minimum atomic E-state index is -0.971. The van der Waals surface area contributed by atoms with Gasteiger partial charge in [-0.1, -0.05) is 24.3 Å². The van der Waals surface area contributed by atoms with Gasteiger partial charge in [-0.15, -0.1) is 11.3 Å². The first-order valence-electron chi connectivity index (χ1n) is 7.73. The zero-order valence-corrected chi connectivity index (χ0v) is 14.2. The molecule has 3 N–H and O–H groups in total. The second-order valence-corrected chi connectivity index (χ2v) is 7.37. The molecule has 0 radical (unpaired) electrons. The number of rotatable bonds is 4. The quantitative estimate of drug-likeness (QED) is 0.805. The van der Waals surface area contributed by atoms with Crippen LogP contribution in [-0.4, -0.2) is 22.7 Å². The van der Waals surface area contributed by atoms with E-state index >= 15 is 0 Å². The summed E-state index contributed by atoms with van der Waals surface area (Å²) >= 11 is 1.62. The summed E-state index contributed by atoms with van der Waals surface area (Å²) in [6.45, 7) is 4.56. The number of carbonyl (C=O) groups is 1. The molecule has 2 aromatic rings. The number of benzene rings is 1. The van der Waals surface area contributed by atoms with Crippen LogP contribution in [-0.2, 0) is 18.6 Å². The maximum Gasteiger partial charge on any atom is 0.315 e. The predicted molar refractivity (Wildman–Crippen MR) is 90.5 cm³/mol. The van der Waals surface area contributed by atoms with Crippen molar-refractivity contribution in [3.63, 3.8) is 0 Å². The van der Waals surface area contributed by atoms with Crippen molar-refractivity contribution in [2.45, 2.75) is 38.8 Å². The number of carbonyl (C=O) groups excluding carboxylic acids is 1. The molecule has 3 rings (SSSR count). The molecule has 0 bridgehead atoms. The third-order valence-electron chi connectivity index (χ3n) is 4.28. The largest absolute Gasteiger partial charge is 0.383 e. The fraction of sp³-hybridized carbons (Fsp3) is 0.412. The molecule has 5 nitrogen and oxygen atoms in total. The zero-order chi connectivity index (χ0) is 16.4. The molecule has 2 amide bonds. The van der Waals surface area contributed by atoms with E-state index in [2.05, 4.69) is 15.6 Å². The maximum absolute atomic E-state index is 12.0.